The van der Waals surface area contributed by atoms with Gasteiger partial charge in [0.05, 0.1) is 6.54 Å². The summed E-state index contributed by atoms with van der Waals surface area (Å²) in [5.41, 5.74) is 1.28. The van der Waals surface area contributed by atoms with Gasteiger partial charge >= 0.3 is 6.18 Å². The molecule has 0 bridgehead atoms. The van der Waals surface area contributed by atoms with E-state index in [0.717, 1.165) is 25.8 Å². The van der Waals surface area contributed by atoms with Gasteiger partial charge in [-0.05, 0) is 42.2 Å². The predicted molar refractivity (Wildman–Crippen MR) is 74.1 cm³/mol. The fourth-order valence-electron chi connectivity index (χ4n) is 2.98. The van der Waals surface area contributed by atoms with Crippen LogP contribution in [-0.4, -0.2) is 36.6 Å². The predicted octanol–water partition coefficient (Wildman–Crippen LogP) is 2.74. The van der Waals surface area contributed by atoms with E-state index in [4.69, 9.17) is 0 Å². The molecule has 1 aromatic heterocycles. The van der Waals surface area contributed by atoms with Crippen LogP contribution in [0.3, 0.4) is 0 Å². The van der Waals surface area contributed by atoms with Crippen LogP contribution in [0.5, 0.6) is 0 Å². The molecule has 3 nitrogen and oxygen atoms in total. The summed E-state index contributed by atoms with van der Waals surface area (Å²) in [4.78, 5) is 15.1. The molecule has 7 heteroatoms. The van der Waals surface area contributed by atoms with Crippen LogP contribution in [0.4, 0.5) is 13.2 Å². The molecule has 1 saturated carbocycles. The minimum Gasteiger partial charge on any atom is -0.346 e. The van der Waals surface area contributed by atoms with Crippen molar-refractivity contribution in [3.63, 3.8) is 0 Å². The Bertz CT molecular complexity index is 525. The zero-order chi connectivity index (χ0) is 15.0. The number of nitrogens with one attached hydrogen (secondary N) is 1. The van der Waals surface area contributed by atoms with Crippen LogP contribution >= 0.6 is 11.3 Å². The van der Waals surface area contributed by atoms with Gasteiger partial charge in [0.1, 0.15) is 6.54 Å². The summed E-state index contributed by atoms with van der Waals surface area (Å²) in [5.74, 6) is 0.00530. The molecule has 0 unspecified atom stereocenters. The monoisotopic (exact) mass is 318 g/mol. The number of rotatable bonds is 4. The van der Waals surface area contributed by atoms with E-state index in [2.05, 4.69) is 11.4 Å². The third-order valence-electron chi connectivity index (χ3n) is 4.02. The molecule has 0 radical (unpaired) electrons. The van der Waals surface area contributed by atoms with E-state index in [1.807, 2.05) is 10.2 Å². The maximum Gasteiger partial charge on any atom is 0.405 e. The van der Waals surface area contributed by atoms with Crippen molar-refractivity contribution in [2.75, 3.05) is 19.6 Å². The van der Waals surface area contributed by atoms with Crippen molar-refractivity contribution < 1.29 is 18.0 Å². The van der Waals surface area contributed by atoms with Crippen molar-refractivity contribution in [1.29, 1.82) is 0 Å². The van der Waals surface area contributed by atoms with Gasteiger partial charge in [0, 0.05) is 17.5 Å². The molecule has 2 aliphatic rings. The molecule has 1 N–H and O–H groups in total. The first-order valence-electron chi connectivity index (χ1n) is 7.08. The topological polar surface area (TPSA) is 32.3 Å². The van der Waals surface area contributed by atoms with Crippen molar-refractivity contribution in [2.45, 2.75) is 31.5 Å². The molecule has 0 spiro atoms. The number of carbonyl (C=O) groups is 1. The smallest absolute Gasteiger partial charge is 0.346 e. The van der Waals surface area contributed by atoms with Crippen LogP contribution in [0.15, 0.2) is 11.4 Å². The first kappa shape index (κ1) is 14.8. The molecule has 0 aromatic carbocycles. The lowest BCUT2D eigenvalue weighted by Crippen LogP contribution is -2.44. The molecular weight excluding hydrogens is 301 g/mol. The fourth-order valence-corrected chi connectivity index (χ4v) is 3.89. The summed E-state index contributed by atoms with van der Waals surface area (Å²) < 4.78 is 36.4. The molecule has 1 aromatic rings. The number of amides is 1. The highest BCUT2D eigenvalue weighted by Crippen LogP contribution is 2.48. The molecule has 1 aliphatic heterocycles. The Balaban J connectivity index is 1.64. The second-order valence-electron chi connectivity index (χ2n) is 5.69. The minimum absolute atomic E-state index is 0.0481. The van der Waals surface area contributed by atoms with Gasteiger partial charge in [-0.15, -0.1) is 11.3 Å². The van der Waals surface area contributed by atoms with Crippen LogP contribution in [0.25, 0.3) is 0 Å². The number of carbonyl (C=O) groups excluding carboxylic acids is 1. The summed E-state index contributed by atoms with van der Waals surface area (Å²) in [6.07, 6.45) is -1.20. The van der Waals surface area contributed by atoms with Crippen molar-refractivity contribution in [3.8, 4) is 0 Å². The summed E-state index contributed by atoms with van der Waals surface area (Å²) in [6.45, 7) is -0.460. The molecule has 0 saturated heterocycles. The van der Waals surface area contributed by atoms with E-state index in [0.29, 0.717) is 5.92 Å². The third-order valence-corrected chi connectivity index (χ3v) is 5.02. The number of alkyl halides is 3. The third kappa shape index (κ3) is 3.58. The van der Waals surface area contributed by atoms with Crippen molar-refractivity contribution >= 4 is 17.2 Å². The zero-order valence-electron chi connectivity index (χ0n) is 11.4. The van der Waals surface area contributed by atoms with E-state index in [-0.39, 0.29) is 12.6 Å². The van der Waals surface area contributed by atoms with E-state index in [1.54, 1.807) is 11.3 Å². The second-order valence-corrected chi connectivity index (χ2v) is 6.69. The van der Waals surface area contributed by atoms with Gasteiger partial charge in [-0.3, -0.25) is 9.69 Å². The van der Waals surface area contributed by atoms with Crippen LogP contribution < -0.4 is 5.32 Å². The largest absolute Gasteiger partial charge is 0.405 e. The van der Waals surface area contributed by atoms with Gasteiger partial charge in [-0.1, -0.05) is 0 Å². The molecule has 21 heavy (non-hydrogen) atoms. The number of hydrogen-bond donors (Lipinski definition) is 1. The van der Waals surface area contributed by atoms with Gasteiger partial charge in [-0.2, -0.15) is 13.2 Å². The first-order valence-corrected chi connectivity index (χ1v) is 7.96. The number of fused-ring (bicyclic) bond motifs is 1. The lowest BCUT2D eigenvalue weighted by Gasteiger charge is -2.35. The number of halogens is 3. The van der Waals surface area contributed by atoms with Crippen LogP contribution in [-0.2, 0) is 11.2 Å². The first-order chi connectivity index (χ1) is 9.94. The Labute approximate surface area is 125 Å². The highest BCUT2D eigenvalue weighted by Gasteiger charge is 2.40. The van der Waals surface area contributed by atoms with E-state index < -0.39 is 18.6 Å². The number of thiophene rings is 1. The molecule has 1 aliphatic carbocycles. The SMILES string of the molecule is O=C(CN1CCc2sccc2[C@H]1C1CC1)NCC(F)(F)F. The second kappa shape index (κ2) is 5.61. The number of hydrogen-bond acceptors (Lipinski definition) is 3. The lowest BCUT2D eigenvalue weighted by molar-refractivity contribution is -0.139. The minimum atomic E-state index is -4.35. The fraction of sp³-hybridized carbons (Fsp3) is 0.643. The van der Waals surface area contributed by atoms with Crippen molar-refractivity contribution in [1.82, 2.24) is 10.2 Å². The quantitative estimate of drug-likeness (QED) is 0.926. The normalized spacial score (nSPS) is 22.9. The maximum absolute atomic E-state index is 12.1. The van der Waals surface area contributed by atoms with Gasteiger partial charge < -0.3 is 5.32 Å². The van der Waals surface area contributed by atoms with Gasteiger partial charge in [0.2, 0.25) is 5.91 Å². The molecule has 1 amide bonds. The van der Waals surface area contributed by atoms with Gasteiger partial charge in [0.15, 0.2) is 0 Å². The molecule has 116 valence electrons. The van der Waals surface area contributed by atoms with Crippen molar-refractivity contribution in [3.05, 3.63) is 21.9 Å². The average molecular weight is 318 g/mol. The highest BCUT2D eigenvalue weighted by molar-refractivity contribution is 7.10. The Morgan fingerprint density at radius 2 is 2.19 bits per heavy atom. The maximum atomic E-state index is 12.1. The van der Waals surface area contributed by atoms with Crippen LogP contribution in [0.2, 0.25) is 0 Å². The van der Waals surface area contributed by atoms with E-state index in [9.17, 15) is 18.0 Å². The van der Waals surface area contributed by atoms with Crippen LogP contribution in [0.1, 0.15) is 29.3 Å². The zero-order valence-corrected chi connectivity index (χ0v) is 12.3. The van der Waals surface area contributed by atoms with Gasteiger partial charge in [0.25, 0.3) is 0 Å². The Morgan fingerprint density at radius 1 is 1.43 bits per heavy atom. The highest BCUT2D eigenvalue weighted by atomic mass is 32.1. The Kier molecular flexibility index (Phi) is 3.96. The van der Waals surface area contributed by atoms with Crippen LogP contribution in [0, 0.1) is 5.92 Å². The molecular formula is C14H17F3N2OS. The summed E-state index contributed by atoms with van der Waals surface area (Å²) in [6, 6.07) is 2.31. The summed E-state index contributed by atoms with van der Waals surface area (Å²) >= 11 is 1.73. The number of nitrogens with zero attached hydrogens (tertiary/aromatic N) is 1. The lowest BCUT2D eigenvalue weighted by atomic mass is 9.96. The van der Waals surface area contributed by atoms with E-state index >= 15 is 0 Å². The molecule has 2 heterocycles. The molecule has 1 atom stereocenters. The molecule has 3 rings (SSSR count). The Hall–Kier alpha value is -1.08. The van der Waals surface area contributed by atoms with Gasteiger partial charge in [-0.25, -0.2) is 0 Å². The summed E-state index contributed by atoms with van der Waals surface area (Å²) in [5, 5.41) is 4.03. The van der Waals surface area contributed by atoms with Crippen molar-refractivity contribution in [2.24, 2.45) is 5.92 Å². The standard InChI is InChI=1S/C14H17F3N2OS/c15-14(16,17)8-18-12(20)7-19-5-3-11-10(4-6-21-11)13(19)9-1-2-9/h4,6,9,13H,1-3,5,7-8H2,(H,18,20)/t13-/m1/s1. The molecule has 1 fully saturated rings. The van der Waals surface area contributed by atoms with E-state index in [1.165, 1.54) is 10.4 Å². The Morgan fingerprint density at radius 3 is 2.86 bits per heavy atom. The average Bonchev–Trinajstić information content (AvgIpc) is 3.12. The summed E-state index contributed by atoms with van der Waals surface area (Å²) in [7, 11) is 0.